The van der Waals surface area contributed by atoms with Gasteiger partial charge in [0.05, 0.1) is 23.7 Å². The molecule has 1 aliphatic rings. The van der Waals surface area contributed by atoms with Gasteiger partial charge in [-0.05, 0) is 41.7 Å². The highest BCUT2D eigenvalue weighted by atomic mass is 16.6. The van der Waals surface area contributed by atoms with E-state index in [1.807, 2.05) is 13.8 Å². The van der Waals surface area contributed by atoms with Gasteiger partial charge in [0.1, 0.15) is 11.0 Å². The van der Waals surface area contributed by atoms with Crippen LogP contribution in [0.4, 0.5) is 0 Å². The number of carboxylic acid groups (broad SMARTS) is 1. The van der Waals surface area contributed by atoms with E-state index in [9.17, 15) is 14.7 Å². The van der Waals surface area contributed by atoms with E-state index in [1.165, 1.54) is 0 Å². The number of dihydropyridines is 1. The summed E-state index contributed by atoms with van der Waals surface area (Å²) in [6.07, 6.45) is 0. The molecule has 8 heteroatoms. The zero-order valence-corrected chi connectivity index (χ0v) is 15.6. The number of benzene rings is 1. The van der Waals surface area contributed by atoms with E-state index in [4.69, 9.17) is 9.37 Å². The van der Waals surface area contributed by atoms with E-state index in [1.54, 1.807) is 32.0 Å². The van der Waals surface area contributed by atoms with E-state index in [0.29, 0.717) is 28.0 Å². The Labute approximate surface area is 155 Å². The summed E-state index contributed by atoms with van der Waals surface area (Å²) in [7, 11) is 0. The smallest absolute Gasteiger partial charge is 0.336 e. The van der Waals surface area contributed by atoms with Gasteiger partial charge in [0.2, 0.25) is 0 Å². The van der Waals surface area contributed by atoms with Crippen LogP contribution < -0.4 is 5.32 Å². The molecule has 0 spiro atoms. The van der Waals surface area contributed by atoms with Crippen molar-refractivity contribution < 1.29 is 24.1 Å². The lowest BCUT2D eigenvalue weighted by Crippen LogP contribution is -2.32. The zero-order chi connectivity index (χ0) is 19.7. The second-order valence-electron chi connectivity index (χ2n) is 6.91. The first-order valence-corrected chi connectivity index (χ1v) is 8.61. The molecule has 0 aliphatic carbocycles. The number of aromatic nitrogens is 2. The number of aliphatic carboxylic acids is 1. The molecule has 0 radical (unpaired) electrons. The van der Waals surface area contributed by atoms with Crippen molar-refractivity contribution in [2.75, 3.05) is 6.61 Å². The van der Waals surface area contributed by atoms with E-state index < -0.39 is 17.9 Å². The van der Waals surface area contributed by atoms with Crippen LogP contribution in [0.15, 0.2) is 45.4 Å². The molecule has 3 rings (SSSR count). The molecule has 2 aromatic rings. The van der Waals surface area contributed by atoms with Crippen LogP contribution in [-0.2, 0) is 14.3 Å². The van der Waals surface area contributed by atoms with Crippen molar-refractivity contribution in [3.05, 3.63) is 46.3 Å². The van der Waals surface area contributed by atoms with Crippen molar-refractivity contribution in [3.63, 3.8) is 0 Å². The Morgan fingerprint density at radius 2 is 1.93 bits per heavy atom. The molecule has 0 saturated carbocycles. The minimum Gasteiger partial charge on any atom is -0.478 e. The summed E-state index contributed by atoms with van der Waals surface area (Å²) in [4.78, 5) is 24.9. The second kappa shape index (κ2) is 7.22. The number of nitrogens with zero attached hydrogens (tertiary/aromatic N) is 2. The van der Waals surface area contributed by atoms with Crippen LogP contribution in [0, 0.1) is 5.92 Å². The van der Waals surface area contributed by atoms with Crippen molar-refractivity contribution in [2.24, 2.45) is 5.92 Å². The fourth-order valence-electron chi connectivity index (χ4n) is 3.24. The fourth-order valence-corrected chi connectivity index (χ4v) is 3.24. The summed E-state index contributed by atoms with van der Waals surface area (Å²) >= 11 is 0. The summed E-state index contributed by atoms with van der Waals surface area (Å²) in [5, 5.41) is 20.5. The Morgan fingerprint density at radius 1 is 1.22 bits per heavy atom. The monoisotopic (exact) mass is 371 g/mol. The Morgan fingerprint density at radius 3 is 2.59 bits per heavy atom. The molecule has 27 heavy (non-hydrogen) atoms. The van der Waals surface area contributed by atoms with Crippen LogP contribution in [0.2, 0.25) is 0 Å². The van der Waals surface area contributed by atoms with Gasteiger partial charge < -0.3 is 15.2 Å². The molecule has 1 atom stereocenters. The first-order chi connectivity index (χ1) is 12.8. The summed E-state index contributed by atoms with van der Waals surface area (Å²) in [5.41, 5.74) is 2.74. The zero-order valence-electron chi connectivity index (χ0n) is 15.6. The SMILES string of the molecule is CC1=C(C(=O)O)C(c2cccc3nonc23)C(C(=O)OCC(C)C)=C(C)N1. The standard InChI is InChI=1S/C19H21N3O5/c1-9(2)8-26-19(25)15-11(4)20-10(3)14(18(23)24)16(15)12-6-5-7-13-17(12)22-27-21-13/h5-7,9,16,20H,8H2,1-4H3,(H,23,24). The number of allylic oxidation sites excluding steroid dienone is 2. The second-order valence-corrected chi connectivity index (χ2v) is 6.91. The molecule has 1 unspecified atom stereocenters. The van der Waals surface area contributed by atoms with E-state index in [2.05, 4.69) is 15.6 Å². The molecule has 2 heterocycles. The fraction of sp³-hybridized carbons (Fsp3) is 0.368. The van der Waals surface area contributed by atoms with Gasteiger partial charge in [0, 0.05) is 11.4 Å². The van der Waals surface area contributed by atoms with Crippen LogP contribution in [0.25, 0.3) is 11.0 Å². The van der Waals surface area contributed by atoms with Gasteiger partial charge in [0.25, 0.3) is 0 Å². The number of esters is 1. The lowest BCUT2D eigenvalue weighted by Gasteiger charge is -2.29. The molecule has 0 bridgehead atoms. The highest BCUT2D eigenvalue weighted by Gasteiger charge is 2.38. The van der Waals surface area contributed by atoms with Gasteiger partial charge in [-0.2, -0.15) is 0 Å². The Bertz CT molecular complexity index is 971. The van der Waals surface area contributed by atoms with Crippen molar-refractivity contribution in [2.45, 2.75) is 33.6 Å². The number of hydrogen-bond acceptors (Lipinski definition) is 7. The minimum atomic E-state index is -1.12. The van der Waals surface area contributed by atoms with Crippen molar-refractivity contribution >= 4 is 23.0 Å². The number of hydrogen-bond donors (Lipinski definition) is 2. The van der Waals surface area contributed by atoms with Gasteiger partial charge >= 0.3 is 11.9 Å². The third-order valence-electron chi connectivity index (χ3n) is 4.39. The number of fused-ring (bicyclic) bond motifs is 1. The van der Waals surface area contributed by atoms with Gasteiger partial charge in [0.15, 0.2) is 0 Å². The number of nitrogens with one attached hydrogen (secondary N) is 1. The van der Waals surface area contributed by atoms with Crippen molar-refractivity contribution in [1.29, 1.82) is 0 Å². The average Bonchev–Trinajstić information content (AvgIpc) is 3.07. The van der Waals surface area contributed by atoms with Gasteiger partial charge in [-0.3, -0.25) is 0 Å². The molecular weight excluding hydrogens is 350 g/mol. The number of ether oxygens (including phenoxy) is 1. The maximum atomic E-state index is 12.9. The topological polar surface area (TPSA) is 115 Å². The van der Waals surface area contributed by atoms with Crippen molar-refractivity contribution in [3.8, 4) is 0 Å². The van der Waals surface area contributed by atoms with Crippen molar-refractivity contribution in [1.82, 2.24) is 15.6 Å². The van der Waals surface area contributed by atoms with E-state index in [0.717, 1.165) is 0 Å². The summed E-state index contributed by atoms with van der Waals surface area (Å²) in [6.45, 7) is 7.49. The third-order valence-corrected chi connectivity index (χ3v) is 4.39. The molecule has 1 aromatic carbocycles. The van der Waals surface area contributed by atoms with Crippen LogP contribution in [0.1, 0.15) is 39.2 Å². The largest absolute Gasteiger partial charge is 0.478 e. The first kappa shape index (κ1) is 18.6. The van der Waals surface area contributed by atoms with Crippen LogP contribution >= 0.6 is 0 Å². The van der Waals surface area contributed by atoms with Gasteiger partial charge in [-0.15, -0.1) is 0 Å². The first-order valence-electron chi connectivity index (χ1n) is 8.61. The lowest BCUT2D eigenvalue weighted by atomic mass is 9.80. The molecule has 0 amide bonds. The molecule has 8 nitrogen and oxygen atoms in total. The van der Waals surface area contributed by atoms with E-state index in [-0.39, 0.29) is 23.7 Å². The predicted molar refractivity (Wildman–Crippen MR) is 96.5 cm³/mol. The molecule has 1 aromatic heterocycles. The summed E-state index contributed by atoms with van der Waals surface area (Å²) in [6, 6.07) is 5.16. The summed E-state index contributed by atoms with van der Waals surface area (Å²) in [5.74, 6) is -2.37. The van der Waals surface area contributed by atoms with Crippen LogP contribution in [0.5, 0.6) is 0 Å². The molecule has 142 valence electrons. The van der Waals surface area contributed by atoms with Crippen LogP contribution in [-0.4, -0.2) is 34.0 Å². The number of rotatable bonds is 5. The molecule has 0 saturated heterocycles. The predicted octanol–water partition coefficient (Wildman–Crippen LogP) is 2.74. The maximum Gasteiger partial charge on any atom is 0.336 e. The van der Waals surface area contributed by atoms with Crippen LogP contribution in [0.3, 0.4) is 0 Å². The third kappa shape index (κ3) is 3.42. The van der Waals surface area contributed by atoms with Gasteiger partial charge in [-0.25, -0.2) is 14.2 Å². The van der Waals surface area contributed by atoms with Gasteiger partial charge in [-0.1, -0.05) is 26.0 Å². The Kier molecular flexibility index (Phi) is 4.98. The molecule has 1 aliphatic heterocycles. The Balaban J connectivity index is 2.18. The molecular formula is C19H21N3O5. The number of carboxylic acids is 1. The number of carbonyl (C=O) groups is 2. The van der Waals surface area contributed by atoms with E-state index >= 15 is 0 Å². The average molecular weight is 371 g/mol. The quantitative estimate of drug-likeness (QED) is 0.771. The normalized spacial score (nSPS) is 17.4. The minimum absolute atomic E-state index is 0.0626. The summed E-state index contributed by atoms with van der Waals surface area (Å²) < 4.78 is 10.2. The molecule has 2 N–H and O–H groups in total. The molecule has 0 fully saturated rings. The Hall–Kier alpha value is -3.16. The number of carbonyl (C=O) groups excluding carboxylic acids is 1. The maximum absolute atomic E-state index is 12.9. The highest BCUT2D eigenvalue weighted by Crippen LogP contribution is 2.40. The lowest BCUT2D eigenvalue weighted by molar-refractivity contribution is -0.140. The highest BCUT2D eigenvalue weighted by molar-refractivity contribution is 6.00.